The highest BCUT2D eigenvalue weighted by Gasteiger charge is 2.10. The number of ether oxygens (including phenoxy) is 2. The van der Waals surface area contributed by atoms with Crippen molar-refractivity contribution in [1.29, 1.82) is 0 Å². The summed E-state index contributed by atoms with van der Waals surface area (Å²) < 4.78 is 10.1. The van der Waals surface area contributed by atoms with Crippen LogP contribution in [-0.4, -0.2) is 51.5 Å². The van der Waals surface area contributed by atoms with Gasteiger partial charge in [0.15, 0.2) is 0 Å². The Labute approximate surface area is 114 Å². The van der Waals surface area contributed by atoms with Gasteiger partial charge in [-0.3, -0.25) is 4.90 Å². The number of nitrogens with zero attached hydrogens (tertiary/aromatic N) is 1. The molecule has 0 aromatic rings. The second-order valence-electron chi connectivity index (χ2n) is 5.84. The highest BCUT2D eigenvalue weighted by atomic mass is 16.5. The maximum absolute atomic E-state index is 5.24. The molecule has 0 aromatic carbocycles. The molecule has 1 fully saturated rings. The fraction of sp³-hybridized carbons (Fsp3) is 1.00. The molecule has 1 aliphatic rings. The Morgan fingerprint density at radius 3 is 2.11 bits per heavy atom. The van der Waals surface area contributed by atoms with E-state index in [0.29, 0.717) is 0 Å². The molecular weight excluding hydrogens is 226 g/mol. The van der Waals surface area contributed by atoms with E-state index in [1.165, 1.54) is 19.4 Å². The summed E-state index contributed by atoms with van der Waals surface area (Å²) in [5.41, 5.74) is 0. The van der Waals surface area contributed by atoms with Crippen LogP contribution >= 0.6 is 0 Å². The van der Waals surface area contributed by atoms with Gasteiger partial charge in [-0.1, -0.05) is 27.7 Å². The lowest BCUT2D eigenvalue weighted by Gasteiger charge is -2.27. The lowest BCUT2D eigenvalue weighted by Crippen LogP contribution is -2.38. The highest BCUT2D eigenvalue weighted by Crippen LogP contribution is 2.02. The van der Waals surface area contributed by atoms with Crippen LogP contribution in [0.4, 0.5) is 0 Å². The fourth-order valence-corrected chi connectivity index (χ4v) is 1.94. The van der Waals surface area contributed by atoms with Crippen LogP contribution in [0.3, 0.4) is 0 Å². The number of morpholine rings is 1. The minimum atomic E-state index is 0.790. The molecule has 0 spiro atoms. The first-order valence-electron chi connectivity index (χ1n) is 7.35. The molecule has 1 aliphatic heterocycles. The van der Waals surface area contributed by atoms with Gasteiger partial charge in [-0.15, -0.1) is 0 Å². The lowest BCUT2D eigenvalue weighted by atomic mass is 10.1. The molecule has 3 heteroatoms. The zero-order chi connectivity index (χ0) is 13.8. The van der Waals surface area contributed by atoms with Gasteiger partial charge >= 0.3 is 0 Å². The second-order valence-corrected chi connectivity index (χ2v) is 5.84. The van der Waals surface area contributed by atoms with E-state index in [9.17, 15) is 0 Å². The number of hydrogen-bond acceptors (Lipinski definition) is 3. The van der Waals surface area contributed by atoms with Crippen LogP contribution in [0.1, 0.15) is 40.5 Å². The topological polar surface area (TPSA) is 21.7 Å². The monoisotopic (exact) mass is 259 g/mol. The van der Waals surface area contributed by atoms with Crippen LogP contribution in [0.2, 0.25) is 0 Å². The Bertz CT molecular complexity index is 166. The third-order valence-electron chi connectivity index (χ3n) is 2.86. The normalized spacial score (nSPS) is 16.8. The summed E-state index contributed by atoms with van der Waals surface area (Å²) in [6.45, 7) is 15.2. The summed E-state index contributed by atoms with van der Waals surface area (Å²) in [7, 11) is 1.75. The Balaban J connectivity index is 0.000000331. The first-order chi connectivity index (χ1) is 8.56. The van der Waals surface area contributed by atoms with Gasteiger partial charge < -0.3 is 9.47 Å². The molecule has 0 radical (unpaired) electrons. The van der Waals surface area contributed by atoms with Crippen molar-refractivity contribution in [2.45, 2.75) is 40.5 Å². The van der Waals surface area contributed by atoms with Gasteiger partial charge in [-0.05, 0) is 24.7 Å². The molecule has 110 valence electrons. The molecule has 0 N–H and O–H groups in total. The van der Waals surface area contributed by atoms with Crippen molar-refractivity contribution < 1.29 is 9.47 Å². The summed E-state index contributed by atoms with van der Waals surface area (Å²) in [5, 5.41) is 0. The number of rotatable bonds is 6. The lowest BCUT2D eigenvalue weighted by molar-refractivity contribution is 0.0329. The summed E-state index contributed by atoms with van der Waals surface area (Å²) in [5.74, 6) is 1.61. The van der Waals surface area contributed by atoms with Gasteiger partial charge in [0, 0.05) is 33.4 Å². The van der Waals surface area contributed by atoms with E-state index >= 15 is 0 Å². The second kappa shape index (κ2) is 11.9. The first kappa shape index (κ1) is 17.9. The largest absolute Gasteiger partial charge is 0.385 e. The zero-order valence-electron chi connectivity index (χ0n) is 13.1. The van der Waals surface area contributed by atoms with Crippen molar-refractivity contribution in [2.75, 3.05) is 46.6 Å². The van der Waals surface area contributed by atoms with Crippen molar-refractivity contribution in [3.05, 3.63) is 0 Å². The molecule has 1 rings (SSSR count). The third kappa shape index (κ3) is 12.3. The van der Waals surface area contributed by atoms with Crippen molar-refractivity contribution in [3.8, 4) is 0 Å². The van der Waals surface area contributed by atoms with E-state index in [-0.39, 0.29) is 0 Å². The third-order valence-corrected chi connectivity index (χ3v) is 2.86. The van der Waals surface area contributed by atoms with E-state index < -0.39 is 0 Å². The van der Waals surface area contributed by atoms with Crippen LogP contribution in [0.15, 0.2) is 0 Å². The zero-order valence-corrected chi connectivity index (χ0v) is 13.1. The maximum atomic E-state index is 5.24. The molecule has 1 heterocycles. The van der Waals surface area contributed by atoms with Gasteiger partial charge in [-0.2, -0.15) is 0 Å². The highest BCUT2D eigenvalue weighted by molar-refractivity contribution is 4.62. The van der Waals surface area contributed by atoms with Gasteiger partial charge in [0.2, 0.25) is 0 Å². The Hall–Kier alpha value is -0.120. The molecule has 0 atom stereocenters. The van der Waals surface area contributed by atoms with Crippen LogP contribution in [0.5, 0.6) is 0 Å². The van der Waals surface area contributed by atoms with E-state index in [1.807, 2.05) is 0 Å². The van der Waals surface area contributed by atoms with E-state index in [2.05, 4.69) is 32.6 Å². The summed E-state index contributed by atoms with van der Waals surface area (Å²) in [6.07, 6.45) is 2.49. The van der Waals surface area contributed by atoms with E-state index in [4.69, 9.17) is 9.47 Å². The average molecular weight is 259 g/mol. The minimum Gasteiger partial charge on any atom is -0.385 e. The van der Waals surface area contributed by atoms with Crippen molar-refractivity contribution >= 4 is 0 Å². The fourth-order valence-electron chi connectivity index (χ4n) is 1.94. The Kier molecular flexibility index (Phi) is 11.9. The standard InChI is InChI=1S/C8H17NO.C7H16O/c1-8(2)7-9-3-5-10-6-4-9;1-7(2)5-4-6-8-3/h8H,3-7H2,1-2H3;7H,4-6H2,1-3H3. The number of methoxy groups -OCH3 is 1. The summed E-state index contributed by atoms with van der Waals surface area (Å²) in [4.78, 5) is 2.47. The molecule has 18 heavy (non-hydrogen) atoms. The van der Waals surface area contributed by atoms with Crippen LogP contribution in [0.25, 0.3) is 0 Å². The minimum absolute atomic E-state index is 0.790. The Morgan fingerprint density at radius 1 is 1.06 bits per heavy atom. The number of hydrogen-bond donors (Lipinski definition) is 0. The van der Waals surface area contributed by atoms with Crippen molar-refractivity contribution in [3.63, 3.8) is 0 Å². The Morgan fingerprint density at radius 2 is 1.67 bits per heavy atom. The molecule has 0 aromatic heterocycles. The smallest absolute Gasteiger partial charge is 0.0594 e. The van der Waals surface area contributed by atoms with Crippen molar-refractivity contribution in [1.82, 2.24) is 4.90 Å². The van der Waals surface area contributed by atoms with Gasteiger partial charge in [0.25, 0.3) is 0 Å². The SMILES string of the molecule is CC(C)CN1CCOCC1.COCCCC(C)C. The average Bonchev–Trinajstić information content (AvgIpc) is 2.30. The molecule has 0 saturated carbocycles. The molecular formula is C15H33NO2. The van der Waals surface area contributed by atoms with Gasteiger partial charge in [0.05, 0.1) is 13.2 Å². The van der Waals surface area contributed by atoms with Gasteiger partial charge in [-0.25, -0.2) is 0 Å². The quantitative estimate of drug-likeness (QED) is 0.684. The van der Waals surface area contributed by atoms with E-state index in [0.717, 1.165) is 44.7 Å². The van der Waals surface area contributed by atoms with Crippen LogP contribution < -0.4 is 0 Å². The van der Waals surface area contributed by atoms with Gasteiger partial charge in [0.1, 0.15) is 0 Å². The van der Waals surface area contributed by atoms with Crippen LogP contribution in [-0.2, 0) is 9.47 Å². The van der Waals surface area contributed by atoms with Crippen LogP contribution in [0, 0.1) is 11.8 Å². The summed E-state index contributed by atoms with van der Waals surface area (Å²) >= 11 is 0. The molecule has 0 unspecified atom stereocenters. The predicted octanol–water partition coefficient (Wildman–Crippen LogP) is 3.04. The molecule has 0 aliphatic carbocycles. The maximum Gasteiger partial charge on any atom is 0.0594 e. The molecule has 3 nitrogen and oxygen atoms in total. The van der Waals surface area contributed by atoms with E-state index in [1.54, 1.807) is 7.11 Å². The molecule has 0 amide bonds. The molecule has 1 saturated heterocycles. The summed E-state index contributed by atoms with van der Waals surface area (Å²) in [6, 6.07) is 0. The first-order valence-corrected chi connectivity index (χ1v) is 7.35. The van der Waals surface area contributed by atoms with Crippen molar-refractivity contribution in [2.24, 2.45) is 11.8 Å². The molecule has 0 bridgehead atoms. The predicted molar refractivity (Wildman–Crippen MR) is 78.0 cm³/mol.